The Morgan fingerprint density at radius 2 is 2.04 bits per heavy atom. The number of benzene rings is 2. The van der Waals surface area contributed by atoms with Crippen molar-refractivity contribution >= 4 is 45.0 Å². The molecule has 1 amide bonds. The van der Waals surface area contributed by atoms with E-state index in [-0.39, 0.29) is 5.91 Å². The van der Waals surface area contributed by atoms with Gasteiger partial charge in [-0.2, -0.15) is 0 Å². The number of ether oxygens (including phenoxy) is 1. The van der Waals surface area contributed by atoms with Gasteiger partial charge < -0.3 is 4.74 Å². The van der Waals surface area contributed by atoms with Gasteiger partial charge in [0.1, 0.15) is 10.8 Å². The van der Waals surface area contributed by atoms with Gasteiger partial charge in [0.2, 0.25) is 5.13 Å². The normalized spacial score (nSPS) is 10.4. The molecule has 0 saturated carbocycles. The standard InChI is InChI=1S/C17H14IN3O2S/c1-23-14-8-3-2-5-11(14)10-15-20-21-17(24-15)19-16(22)12-6-4-7-13(18)9-12/h2-9H,10H2,1H3,(H,19,21,22). The molecule has 3 aromatic rings. The van der Waals surface area contributed by atoms with Gasteiger partial charge in [-0.3, -0.25) is 10.1 Å². The number of hydrogen-bond acceptors (Lipinski definition) is 5. The zero-order valence-electron chi connectivity index (χ0n) is 12.8. The van der Waals surface area contributed by atoms with E-state index in [1.54, 1.807) is 13.2 Å². The van der Waals surface area contributed by atoms with Gasteiger partial charge in [-0.15, -0.1) is 10.2 Å². The third-order valence-electron chi connectivity index (χ3n) is 3.31. The third kappa shape index (κ3) is 4.09. The minimum atomic E-state index is -0.187. The van der Waals surface area contributed by atoms with E-state index in [2.05, 4.69) is 38.1 Å². The van der Waals surface area contributed by atoms with E-state index in [9.17, 15) is 4.79 Å². The first-order chi connectivity index (χ1) is 11.7. The zero-order valence-corrected chi connectivity index (χ0v) is 15.8. The van der Waals surface area contributed by atoms with Crippen molar-refractivity contribution in [2.24, 2.45) is 0 Å². The Morgan fingerprint density at radius 1 is 1.21 bits per heavy atom. The van der Waals surface area contributed by atoms with Gasteiger partial charge in [0.25, 0.3) is 5.91 Å². The van der Waals surface area contributed by atoms with Crippen molar-refractivity contribution in [2.75, 3.05) is 12.4 Å². The number of methoxy groups -OCH3 is 1. The topological polar surface area (TPSA) is 64.1 Å². The Morgan fingerprint density at radius 3 is 2.83 bits per heavy atom. The summed E-state index contributed by atoms with van der Waals surface area (Å²) in [5.41, 5.74) is 1.63. The van der Waals surface area contributed by atoms with E-state index in [0.717, 1.165) is 19.9 Å². The Kier molecular flexibility index (Phi) is 5.41. The first-order valence-electron chi connectivity index (χ1n) is 7.17. The number of hydrogen-bond donors (Lipinski definition) is 1. The highest BCUT2D eigenvalue weighted by molar-refractivity contribution is 14.1. The Hall–Kier alpha value is -2.00. The van der Waals surface area contributed by atoms with Crippen LogP contribution in [0.15, 0.2) is 48.5 Å². The molecule has 7 heteroatoms. The van der Waals surface area contributed by atoms with E-state index >= 15 is 0 Å². The molecule has 2 aromatic carbocycles. The van der Waals surface area contributed by atoms with Gasteiger partial charge in [0.15, 0.2) is 0 Å². The lowest BCUT2D eigenvalue weighted by Crippen LogP contribution is -2.11. The van der Waals surface area contributed by atoms with Crippen LogP contribution in [0.3, 0.4) is 0 Å². The van der Waals surface area contributed by atoms with Gasteiger partial charge in [0, 0.05) is 21.1 Å². The van der Waals surface area contributed by atoms with E-state index in [1.807, 2.05) is 42.5 Å². The smallest absolute Gasteiger partial charge is 0.257 e. The predicted molar refractivity (Wildman–Crippen MR) is 103 cm³/mol. The van der Waals surface area contributed by atoms with Gasteiger partial charge in [-0.05, 0) is 46.9 Å². The molecule has 0 fully saturated rings. The largest absolute Gasteiger partial charge is 0.496 e. The first-order valence-corrected chi connectivity index (χ1v) is 9.06. The molecule has 0 radical (unpaired) electrons. The van der Waals surface area contributed by atoms with Gasteiger partial charge in [-0.1, -0.05) is 35.6 Å². The van der Waals surface area contributed by atoms with Crippen molar-refractivity contribution in [2.45, 2.75) is 6.42 Å². The average molecular weight is 451 g/mol. The summed E-state index contributed by atoms with van der Waals surface area (Å²) in [6.45, 7) is 0. The van der Waals surface area contributed by atoms with E-state index in [1.165, 1.54) is 11.3 Å². The van der Waals surface area contributed by atoms with E-state index in [4.69, 9.17) is 4.74 Å². The van der Waals surface area contributed by atoms with E-state index in [0.29, 0.717) is 17.1 Å². The van der Waals surface area contributed by atoms with Gasteiger partial charge >= 0.3 is 0 Å². The van der Waals surface area contributed by atoms with Crippen LogP contribution in [0.5, 0.6) is 5.75 Å². The van der Waals surface area contributed by atoms with Gasteiger partial charge in [-0.25, -0.2) is 0 Å². The molecule has 1 heterocycles. The molecular formula is C17H14IN3O2S. The summed E-state index contributed by atoms with van der Waals surface area (Å²) < 4.78 is 6.35. The van der Waals surface area contributed by atoms with Crippen LogP contribution in [-0.2, 0) is 6.42 Å². The molecule has 1 aromatic heterocycles. The molecule has 0 unspecified atom stereocenters. The monoisotopic (exact) mass is 451 g/mol. The summed E-state index contributed by atoms with van der Waals surface area (Å²) in [6, 6.07) is 15.2. The van der Waals surface area contributed by atoms with Crippen molar-refractivity contribution in [3.8, 4) is 5.75 Å². The van der Waals surface area contributed by atoms with Crippen LogP contribution in [0.1, 0.15) is 20.9 Å². The number of carbonyl (C=O) groups is 1. The quantitative estimate of drug-likeness (QED) is 0.596. The second-order valence-corrected chi connectivity index (χ2v) is 7.26. The number of aromatic nitrogens is 2. The molecule has 0 atom stereocenters. The highest BCUT2D eigenvalue weighted by Gasteiger charge is 2.12. The zero-order chi connectivity index (χ0) is 16.9. The average Bonchev–Trinajstić information content (AvgIpc) is 3.02. The molecule has 0 spiro atoms. The predicted octanol–water partition coefficient (Wildman–Crippen LogP) is 3.99. The summed E-state index contributed by atoms with van der Waals surface area (Å²) in [4.78, 5) is 12.2. The summed E-state index contributed by atoms with van der Waals surface area (Å²) in [5, 5.41) is 12.3. The van der Waals surface area contributed by atoms with Crippen molar-refractivity contribution < 1.29 is 9.53 Å². The fourth-order valence-corrected chi connectivity index (χ4v) is 3.49. The van der Waals surface area contributed by atoms with Crippen LogP contribution in [0, 0.1) is 3.57 Å². The molecular weight excluding hydrogens is 437 g/mol. The molecule has 0 aliphatic carbocycles. The SMILES string of the molecule is COc1ccccc1Cc1nnc(NC(=O)c2cccc(I)c2)s1. The van der Waals surface area contributed by atoms with Crippen LogP contribution in [-0.4, -0.2) is 23.2 Å². The number of carbonyl (C=O) groups excluding carboxylic acids is 1. The number of nitrogens with one attached hydrogen (secondary N) is 1. The lowest BCUT2D eigenvalue weighted by atomic mass is 10.1. The van der Waals surface area contributed by atoms with Crippen LogP contribution < -0.4 is 10.1 Å². The first kappa shape index (κ1) is 16.8. The Bertz CT molecular complexity index is 866. The van der Waals surface area contributed by atoms with Crippen LogP contribution in [0.25, 0.3) is 0 Å². The van der Waals surface area contributed by atoms with Crippen molar-refractivity contribution in [3.05, 3.63) is 68.2 Å². The molecule has 0 bridgehead atoms. The van der Waals surface area contributed by atoms with Crippen molar-refractivity contribution in [1.29, 1.82) is 0 Å². The number of nitrogens with zero attached hydrogens (tertiary/aromatic N) is 2. The van der Waals surface area contributed by atoms with Gasteiger partial charge in [0.05, 0.1) is 7.11 Å². The number of halogens is 1. The maximum atomic E-state index is 12.2. The Labute approximate surface area is 157 Å². The van der Waals surface area contributed by atoms with Crippen molar-refractivity contribution in [1.82, 2.24) is 10.2 Å². The van der Waals surface area contributed by atoms with Crippen LogP contribution in [0.2, 0.25) is 0 Å². The molecule has 1 N–H and O–H groups in total. The maximum Gasteiger partial charge on any atom is 0.257 e. The summed E-state index contributed by atoms with van der Waals surface area (Å²) in [6.07, 6.45) is 0.612. The maximum absolute atomic E-state index is 12.2. The summed E-state index contributed by atoms with van der Waals surface area (Å²) in [5.74, 6) is 0.630. The number of anilines is 1. The second kappa shape index (κ2) is 7.71. The minimum absolute atomic E-state index is 0.187. The van der Waals surface area contributed by atoms with E-state index < -0.39 is 0 Å². The Balaban J connectivity index is 1.70. The third-order valence-corrected chi connectivity index (χ3v) is 4.82. The molecule has 0 aliphatic rings. The van der Waals surface area contributed by atoms with Crippen molar-refractivity contribution in [3.63, 3.8) is 0 Å². The number of para-hydroxylation sites is 1. The van der Waals surface area contributed by atoms with Crippen LogP contribution in [0.4, 0.5) is 5.13 Å². The summed E-state index contributed by atoms with van der Waals surface area (Å²) in [7, 11) is 1.64. The summed E-state index contributed by atoms with van der Waals surface area (Å²) >= 11 is 3.54. The lowest BCUT2D eigenvalue weighted by molar-refractivity contribution is 0.102. The molecule has 24 heavy (non-hydrogen) atoms. The van der Waals surface area contributed by atoms with Crippen LogP contribution >= 0.6 is 33.9 Å². The second-order valence-electron chi connectivity index (χ2n) is 4.95. The lowest BCUT2D eigenvalue weighted by Gasteiger charge is -2.05. The highest BCUT2D eigenvalue weighted by Crippen LogP contribution is 2.24. The fraction of sp³-hybridized carbons (Fsp3) is 0.118. The molecule has 0 aliphatic heterocycles. The molecule has 0 saturated heterocycles. The minimum Gasteiger partial charge on any atom is -0.496 e. The number of rotatable bonds is 5. The fourth-order valence-electron chi connectivity index (χ4n) is 2.19. The highest BCUT2D eigenvalue weighted by atomic mass is 127. The molecule has 122 valence electrons. The molecule has 5 nitrogen and oxygen atoms in total. The molecule has 3 rings (SSSR count). The number of amides is 1.